The topological polar surface area (TPSA) is 58.6 Å². The van der Waals surface area contributed by atoms with Gasteiger partial charge in [-0.1, -0.05) is 0 Å². The highest BCUT2D eigenvalue weighted by Gasteiger charge is 2.38. The molecule has 1 aliphatic rings. The molecule has 2 atom stereocenters. The van der Waals surface area contributed by atoms with Crippen molar-refractivity contribution in [3.05, 3.63) is 58.9 Å². The van der Waals surface area contributed by atoms with Crippen LogP contribution in [0, 0.1) is 17.5 Å². The standard InChI is InChI=1S/C17H12F6N4/c18-9-3-11(20)10(19)1-7(9)8-2-16-26-13-5-25-15(17(21,22)23)4-14(13)27(16)6-12(8)24/h1,3-5,8,12H,2,6,24H2/p+1/t8-,12+/m1/s1. The molecule has 1 aromatic carbocycles. The number of nitrogens with zero attached hydrogens (tertiary/aromatic N) is 2. The van der Waals surface area contributed by atoms with E-state index in [1.165, 1.54) is 0 Å². The molecule has 0 bridgehead atoms. The predicted molar refractivity (Wildman–Crippen MR) is 82.0 cm³/mol. The molecule has 0 fully saturated rings. The molecule has 3 N–H and O–H groups in total. The molecule has 3 heterocycles. The normalized spacial score (nSPS) is 20.1. The largest absolute Gasteiger partial charge is 0.433 e. The van der Waals surface area contributed by atoms with Crippen LogP contribution >= 0.6 is 0 Å². The summed E-state index contributed by atoms with van der Waals surface area (Å²) in [7, 11) is 0. The number of pyridine rings is 1. The second-order valence-corrected chi connectivity index (χ2v) is 6.53. The molecule has 142 valence electrons. The first-order valence-corrected chi connectivity index (χ1v) is 8.03. The Morgan fingerprint density at radius 3 is 2.48 bits per heavy atom. The summed E-state index contributed by atoms with van der Waals surface area (Å²) in [6.07, 6.45) is -3.39. The van der Waals surface area contributed by atoms with Gasteiger partial charge in [-0.15, -0.1) is 0 Å². The van der Waals surface area contributed by atoms with Gasteiger partial charge in [-0.05, 0) is 11.6 Å². The number of aromatic amines is 1. The number of nitrogens with one attached hydrogen (secondary N) is 1. The Balaban J connectivity index is 1.78. The molecule has 1 aliphatic heterocycles. The molecule has 0 spiro atoms. The van der Waals surface area contributed by atoms with Crippen LogP contribution in [0.1, 0.15) is 23.0 Å². The summed E-state index contributed by atoms with van der Waals surface area (Å²) in [5, 5.41) is 0. The zero-order valence-electron chi connectivity index (χ0n) is 13.6. The first kappa shape index (κ1) is 17.8. The Bertz CT molecular complexity index is 1040. The summed E-state index contributed by atoms with van der Waals surface area (Å²) in [6, 6.07) is 1.45. The first-order valence-electron chi connectivity index (χ1n) is 8.03. The van der Waals surface area contributed by atoms with E-state index in [2.05, 4.69) is 9.97 Å². The van der Waals surface area contributed by atoms with Gasteiger partial charge in [-0.2, -0.15) is 13.2 Å². The van der Waals surface area contributed by atoms with E-state index >= 15 is 0 Å². The molecule has 10 heteroatoms. The molecule has 0 amide bonds. The lowest BCUT2D eigenvalue weighted by Gasteiger charge is -2.27. The maximum Gasteiger partial charge on any atom is 0.433 e. The summed E-state index contributed by atoms with van der Waals surface area (Å²) in [5.74, 6) is -3.56. The van der Waals surface area contributed by atoms with Crippen molar-refractivity contribution in [2.45, 2.75) is 31.1 Å². The van der Waals surface area contributed by atoms with Crippen LogP contribution in [0.25, 0.3) is 11.0 Å². The van der Waals surface area contributed by atoms with E-state index in [4.69, 9.17) is 5.73 Å². The van der Waals surface area contributed by atoms with E-state index in [9.17, 15) is 26.3 Å². The molecule has 4 nitrogen and oxygen atoms in total. The van der Waals surface area contributed by atoms with Gasteiger partial charge in [0.2, 0.25) is 0 Å². The lowest BCUT2D eigenvalue weighted by Crippen LogP contribution is -2.53. The van der Waals surface area contributed by atoms with Gasteiger partial charge in [0.25, 0.3) is 5.82 Å². The number of hydrogen-bond acceptors (Lipinski definition) is 2. The van der Waals surface area contributed by atoms with Crippen LogP contribution in [0.4, 0.5) is 26.3 Å². The van der Waals surface area contributed by atoms with Crippen molar-refractivity contribution in [2.75, 3.05) is 0 Å². The van der Waals surface area contributed by atoms with E-state index in [-0.39, 0.29) is 24.0 Å². The Kier molecular flexibility index (Phi) is 3.91. The van der Waals surface area contributed by atoms with Gasteiger partial charge in [-0.25, -0.2) is 27.7 Å². The molecule has 0 saturated carbocycles. The number of halogens is 6. The van der Waals surface area contributed by atoms with Crippen molar-refractivity contribution in [3.63, 3.8) is 0 Å². The number of alkyl halides is 3. The molecular formula is C17H13F6N4+. The Hall–Kier alpha value is -2.62. The van der Waals surface area contributed by atoms with Gasteiger partial charge in [0.05, 0.1) is 18.7 Å². The van der Waals surface area contributed by atoms with Gasteiger partial charge >= 0.3 is 6.18 Å². The summed E-state index contributed by atoms with van der Waals surface area (Å²) >= 11 is 0. The van der Waals surface area contributed by atoms with Crippen LogP contribution in [0.5, 0.6) is 0 Å². The minimum Gasteiger partial charge on any atom is -0.324 e. The summed E-state index contributed by atoms with van der Waals surface area (Å²) in [4.78, 5) is 6.35. The van der Waals surface area contributed by atoms with Gasteiger partial charge in [0.1, 0.15) is 18.1 Å². The van der Waals surface area contributed by atoms with Gasteiger partial charge < -0.3 is 5.73 Å². The number of rotatable bonds is 1. The highest BCUT2D eigenvalue weighted by Crippen LogP contribution is 2.32. The summed E-state index contributed by atoms with van der Waals surface area (Å²) in [6.45, 7) is 0.0831. The summed E-state index contributed by atoms with van der Waals surface area (Å²) in [5.41, 5.74) is 5.64. The van der Waals surface area contributed by atoms with Gasteiger partial charge in [0.15, 0.2) is 22.7 Å². The average Bonchev–Trinajstić information content (AvgIpc) is 2.93. The number of aromatic nitrogens is 3. The fourth-order valence-electron chi connectivity index (χ4n) is 3.52. The van der Waals surface area contributed by atoms with Crippen LogP contribution in [0.3, 0.4) is 0 Å². The molecule has 0 unspecified atom stereocenters. The van der Waals surface area contributed by atoms with Gasteiger partial charge in [-0.3, -0.25) is 0 Å². The number of H-pyrrole nitrogens is 1. The number of benzene rings is 1. The minimum atomic E-state index is -4.59. The van der Waals surface area contributed by atoms with Crippen molar-refractivity contribution in [1.29, 1.82) is 0 Å². The zero-order chi connectivity index (χ0) is 19.5. The van der Waals surface area contributed by atoms with Crippen LogP contribution in [-0.4, -0.2) is 16.0 Å². The molecule has 0 saturated heterocycles. The van der Waals surface area contributed by atoms with Crippen molar-refractivity contribution in [3.8, 4) is 0 Å². The fourth-order valence-corrected chi connectivity index (χ4v) is 3.52. The Morgan fingerprint density at radius 1 is 1.07 bits per heavy atom. The van der Waals surface area contributed by atoms with Crippen LogP contribution in [0.2, 0.25) is 0 Å². The lowest BCUT2D eigenvalue weighted by molar-refractivity contribution is -0.686. The van der Waals surface area contributed by atoms with E-state index in [0.717, 1.165) is 18.3 Å². The van der Waals surface area contributed by atoms with Crippen LogP contribution < -0.4 is 10.3 Å². The van der Waals surface area contributed by atoms with Crippen molar-refractivity contribution in [1.82, 2.24) is 9.97 Å². The number of imidazole rings is 1. The lowest BCUT2D eigenvalue weighted by atomic mass is 9.86. The minimum absolute atomic E-state index is 0.0691. The number of nitrogens with two attached hydrogens (primary N) is 1. The zero-order valence-corrected chi connectivity index (χ0v) is 13.6. The second kappa shape index (κ2) is 5.95. The molecule has 2 aromatic heterocycles. The van der Waals surface area contributed by atoms with Gasteiger partial charge in [0, 0.05) is 18.1 Å². The maximum absolute atomic E-state index is 14.1. The molecule has 3 aromatic rings. The highest BCUT2D eigenvalue weighted by atomic mass is 19.4. The quantitative estimate of drug-likeness (QED) is 0.383. The predicted octanol–water partition coefficient (Wildman–Crippen LogP) is 2.95. The van der Waals surface area contributed by atoms with Crippen molar-refractivity contribution in [2.24, 2.45) is 5.73 Å². The third-order valence-corrected chi connectivity index (χ3v) is 4.83. The van der Waals surface area contributed by atoms with Crippen molar-refractivity contribution < 1.29 is 30.9 Å². The Labute approximate surface area is 148 Å². The Morgan fingerprint density at radius 2 is 1.78 bits per heavy atom. The van der Waals surface area contributed by atoms with E-state index < -0.39 is 41.3 Å². The third-order valence-electron chi connectivity index (χ3n) is 4.83. The molecule has 0 aliphatic carbocycles. The van der Waals surface area contributed by atoms with Crippen molar-refractivity contribution >= 4 is 11.0 Å². The number of hydrogen-bond donors (Lipinski definition) is 2. The van der Waals surface area contributed by atoms with Crippen LogP contribution in [-0.2, 0) is 19.1 Å². The molecule has 4 rings (SSSR count). The SMILES string of the molecule is N[C@H]1C[n+]2c([nH]c3cnc(C(F)(F)F)cc32)C[C@@H]1c1cc(F)c(F)cc1F. The summed E-state index contributed by atoms with van der Waals surface area (Å²) < 4.78 is 81.2. The third kappa shape index (κ3) is 2.93. The first-order chi connectivity index (χ1) is 12.6. The maximum atomic E-state index is 14.1. The highest BCUT2D eigenvalue weighted by molar-refractivity contribution is 5.70. The van der Waals surface area contributed by atoms with E-state index in [0.29, 0.717) is 17.4 Å². The van der Waals surface area contributed by atoms with Crippen LogP contribution in [0.15, 0.2) is 24.4 Å². The average molecular weight is 387 g/mol. The second-order valence-electron chi connectivity index (χ2n) is 6.53. The van der Waals surface area contributed by atoms with E-state index in [1.54, 1.807) is 4.57 Å². The smallest absolute Gasteiger partial charge is 0.324 e. The molecular weight excluding hydrogens is 374 g/mol. The fraction of sp³-hybridized carbons (Fsp3) is 0.294. The molecule has 0 radical (unpaired) electrons. The van der Waals surface area contributed by atoms with E-state index in [1.807, 2.05) is 0 Å². The molecule has 27 heavy (non-hydrogen) atoms. The number of fused-ring (bicyclic) bond motifs is 3. The monoisotopic (exact) mass is 387 g/mol.